The van der Waals surface area contributed by atoms with Crippen LogP contribution >= 0.6 is 0 Å². The van der Waals surface area contributed by atoms with Crippen molar-refractivity contribution in [1.29, 1.82) is 0 Å². The van der Waals surface area contributed by atoms with Crippen LogP contribution in [0, 0.1) is 11.3 Å². The maximum absolute atomic E-state index is 12.9. The van der Waals surface area contributed by atoms with Crippen LogP contribution in [0.2, 0.25) is 0 Å². The van der Waals surface area contributed by atoms with Crippen molar-refractivity contribution in [3.63, 3.8) is 0 Å². The van der Waals surface area contributed by atoms with E-state index >= 15 is 0 Å². The van der Waals surface area contributed by atoms with Gasteiger partial charge < -0.3 is 19.7 Å². The third-order valence-corrected chi connectivity index (χ3v) is 5.40. The molecule has 0 bridgehead atoms. The normalized spacial score (nSPS) is 25.8. The monoisotopic (exact) mass is 342 g/mol. The van der Waals surface area contributed by atoms with Crippen LogP contribution in [-0.4, -0.2) is 53.2 Å². The molecular weight excluding hydrogens is 324 g/mol. The van der Waals surface area contributed by atoms with E-state index in [1.54, 1.807) is 30.3 Å². The third kappa shape index (κ3) is 2.42. The largest absolute Gasteiger partial charge is 0.481 e. The summed E-state index contributed by atoms with van der Waals surface area (Å²) in [6.07, 6.45) is 0.394. The number of carbonyl (C=O) groups excluding carboxylic acids is 1. The number of aliphatic carboxylic acids is 1. The van der Waals surface area contributed by atoms with Crippen molar-refractivity contribution in [3.05, 3.63) is 46.4 Å². The second kappa shape index (κ2) is 5.70. The van der Waals surface area contributed by atoms with E-state index in [1.807, 2.05) is 0 Å². The lowest BCUT2D eigenvalue weighted by atomic mass is 9.74. The van der Waals surface area contributed by atoms with Crippen molar-refractivity contribution < 1.29 is 19.4 Å². The molecule has 2 saturated heterocycles. The number of benzene rings is 1. The summed E-state index contributed by atoms with van der Waals surface area (Å²) < 4.78 is 5.41. The van der Waals surface area contributed by atoms with Crippen LogP contribution in [0.15, 0.2) is 35.1 Å². The van der Waals surface area contributed by atoms with Crippen molar-refractivity contribution in [2.45, 2.75) is 6.42 Å². The third-order valence-electron chi connectivity index (χ3n) is 5.40. The zero-order valence-corrected chi connectivity index (χ0v) is 13.5. The molecule has 1 aromatic heterocycles. The van der Waals surface area contributed by atoms with Gasteiger partial charge in [-0.25, -0.2) is 0 Å². The lowest BCUT2D eigenvalue weighted by molar-refractivity contribution is -0.157. The Labute approximate surface area is 143 Å². The van der Waals surface area contributed by atoms with Gasteiger partial charge in [-0.2, -0.15) is 0 Å². The summed E-state index contributed by atoms with van der Waals surface area (Å²) in [7, 11) is 0. The summed E-state index contributed by atoms with van der Waals surface area (Å²) in [5.41, 5.74) is -1.09. The van der Waals surface area contributed by atoms with Gasteiger partial charge in [0.15, 0.2) is 0 Å². The molecule has 2 N–H and O–H groups in total. The second-order valence-electron chi connectivity index (χ2n) is 6.77. The molecule has 3 heterocycles. The Kier molecular flexibility index (Phi) is 3.61. The lowest BCUT2D eigenvalue weighted by Gasteiger charge is -2.33. The maximum Gasteiger partial charge on any atom is 0.311 e. The van der Waals surface area contributed by atoms with Gasteiger partial charge in [-0.15, -0.1) is 0 Å². The molecule has 2 atom stereocenters. The van der Waals surface area contributed by atoms with Crippen LogP contribution in [-0.2, 0) is 9.53 Å². The number of hydrogen-bond acceptors (Lipinski definition) is 4. The molecule has 2 aliphatic heterocycles. The summed E-state index contributed by atoms with van der Waals surface area (Å²) in [5, 5.41) is 10.9. The number of amides is 1. The molecule has 2 aliphatic rings. The van der Waals surface area contributed by atoms with E-state index in [0.717, 1.165) is 0 Å². The maximum atomic E-state index is 12.9. The molecular formula is C18H18N2O5. The summed E-state index contributed by atoms with van der Waals surface area (Å²) in [5.74, 6) is -1.46. The van der Waals surface area contributed by atoms with Gasteiger partial charge in [0.25, 0.3) is 11.5 Å². The Hall–Kier alpha value is -2.67. The Balaban J connectivity index is 1.68. The molecule has 7 nitrogen and oxygen atoms in total. The molecule has 0 radical (unpaired) electrons. The zero-order valence-electron chi connectivity index (χ0n) is 13.5. The predicted octanol–water partition coefficient (Wildman–Crippen LogP) is 1.09. The van der Waals surface area contributed by atoms with E-state index in [9.17, 15) is 19.5 Å². The summed E-state index contributed by atoms with van der Waals surface area (Å²) in [6.45, 7) is 1.19. The number of carbonyl (C=O) groups is 2. The van der Waals surface area contributed by atoms with Crippen LogP contribution in [0.5, 0.6) is 0 Å². The van der Waals surface area contributed by atoms with Gasteiger partial charge in [0.05, 0.1) is 12.0 Å². The number of ether oxygens (including phenoxy) is 1. The van der Waals surface area contributed by atoms with Gasteiger partial charge in [-0.3, -0.25) is 14.4 Å². The summed E-state index contributed by atoms with van der Waals surface area (Å²) >= 11 is 0. The minimum atomic E-state index is -0.953. The van der Waals surface area contributed by atoms with E-state index in [-0.39, 0.29) is 29.6 Å². The zero-order chi connectivity index (χ0) is 17.6. The van der Waals surface area contributed by atoms with E-state index in [4.69, 9.17) is 4.74 Å². The molecule has 1 aromatic carbocycles. The minimum absolute atomic E-state index is 0.143. The highest BCUT2D eigenvalue weighted by Gasteiger charge is 2.55. The fraction of sp³-hybridized carbons (Fsp3) is 0.389. The highest BCUT2D eigenvalue weighted by Crippen LogP contribution is 2.42. The number of carboxylic acids is 1. The average Bonchev–Trinajstić information content (AvgIpc) is 3.02. The standard InChI is InChI=1S/C18H18N2O5/c21-15-13-4-2-1-3-11(13)7-14(19-15)16(22)20-8-12-9-25-6-5-18(12,10-20)17(23)24/h1-4,7,12H,5-6,8-10H2,(H,19,21)(H,23,24)/t12-,18+/m0/s1. The minimum Gasteiger partial charge on any atom is -0.481 e. The number of nitrogens with one attached hydrogen (secondary N) is 1. The average molecular weight is 342 g/mol. The SMILES string of the molecule is O=C(c1cc2ccccc2c(=O)[nH]1)N1C[C@H]2COCC[C@@]2(C(=O)O)C1. The molecule has 2 aromatic rings. The highest BCUT2D eigenvalue weighted by molar-refractivity contribution is 5.97. The quantitative estimate of drug-likeness (QED) is 0.851. The van der Waals surface area contributed by atoms with E-state index in [0.29, 0.717) is 37.0 Å². The number of aromatic nitrogens is 1. The predicted molar refractivity (Wildman–Crippen MR) is 89.5 cm³/mol. The van der Waals surface area contributed by atoms with Gasteiger partial charge in [0, 0.05) is 31.0 Å². The molecule has 0 saturated carbocycles. The van der Waals surface area contributed by atoms with Gasteiger partial charge >= 0.3 is 5.97 Å². The van der Waals surface area contributed by atoms with Crippen molar-refractivity contribution in [3.8, 4) is 0 Å². The number of H-pyrrole nitrogens is 1. The van der Waals surface area contributed by atoms with Crippen LogP contribution < -0.4 is 5.56 Å². The van der Waals surface area contributed by atoms with Gasteiger partial charge in [0.2, 0.25) is 0 Å². The molecule has 0 aliphatic carbocycles. The van der Waals surface area contributed by atoms with Crippen LogP contribution in [0.1, 0.15) is 16.9 Å². The molecule has 2 fully saturated rings. The first-order valence-electron chi connectivity index (χ1n) is 8.24. The summed E-state index contributed by atoms with van der Waals surface area (Å²) in [4.78, 5) is 41.1. The fourth-order valence-electron chi connectivity index (χ4n) is 3.95. The number of likely N-dealkylation sites (tertiary alicyclic amines) is 1. The lowest BCUT2D eigenvalue weighted by Crippen LogP contribution is -2.45. The smallest absolute Gasteiger partial charge is 0.311 e. The molecule has 1 amide bonds. The first-order valence-corrected chi connectivity index (χ1v) is 8.24. The van der Waals surface area contributed by atoms with E-state index in [2.05, 4.69) is 4.98 Å². The van der Waals surface area contributed by atoms with Gasteiger partial charge in [-0.05, 0) is 23.9 Å². The Bertz CT molecular complexity index is 921. The van der Waals surface area contributed by atoms with Gasteiger partial charge in [0.1, 0.15) is 5.69 Å². The number of fused-ring (bicyclic) bond motifs is 2. The van der Waals surface area contributed by atoms with Crippen LogP contribution in [0.25, 0.3) is 10.8 Å². The van der Waals surface area contributed by atoms with Crippen LogP contribution in [0.3, 0.4) is 0 Å². The molecule has 130 valence electrons. The van der Waals surface area contributed by atoms with Crippen molar-refractivity contribution in [2.75, 3.05) is 26.3 Å². The van der Waals surface area contributed by atoms with E-state index in [1.165, 1.54) is 4.90 Å². The number of rotatable bonds is 2. The molecule has 0 spiro atoms. The van der Waals surface area contributed by atoms with Crippen molar-refractivity contribution >= 4 is 22.6 Å². The van der Waals surface area contributed by atoms with E-state index < -0.39 is 11.4 Å². The first-order chi connectivity index (χ1) is 12.0. The molecule has 0 unspecified atom stereocenters. The molecule has 25 heavy (non-hydrogen) atoms. The Morgan fingerprint density at radius 3 is 2.88 bits per heavy atom. The molecule has 4 rings (SSSR count). The Morgan fingerprint density at radius 2 is 2.12 bits per heavy atom. The Morgan fingerprint density at radius 1 is 1.32 bits per heavy atom. The van der Waals surface area contributed by atoms with Crippen molar-refractivity contribution in [1.82, 2.24) is 9.88 Å². The number of hydrogen-bond donors (Lipinski definition) is 2. The van der Waals surface area contributed by atoms with Crippen molar-refractivity contribution in [2.24, 2.45) is 11.3 Å². The van der Waals surface area contributed by atoms with Crippen LogP contribution in [0.4, 0.5) is 0 Å². The fourth-order valence-corrected chi connectivity index (χ4v) is 3.95. The molecule has 7 heteroatoms. The number of aromatic amines is 1. The number of nitrogens with zero attached hydrogens (tertiary/aromatic N) is 1. The van der Waals surface area contributed by atoms with Gasteiger partial charge in [-0.1, -0.05) is 18.2 Å². The highest BCUT2D eigenvalue weighted by atomic mass is 16.5. The summed E-state index contributed by atoms with van der Waals surface area (Å²) in [6, 6.07) is 8.68. The topological polar surface area (TPSA) is 99.7 Å². The second-order valence-corrected chi connectivity index (χ2v) is 6.77. The first kappa shape index (κ1) is 15.8. The number of carboxylic acid groups (broad SMARTS) is 1. The number of pyridine rings is 1.